The summed E-state index contributed by atoms with van der Waals surface area (Å²) < 4.78 is 0. The van der Waals surface area contributed by atoms with Crippen molar-refractivity contribution >= 4 is 17.5 Å². The second-order valence-electron chi connectivity index (χ2n) is 14.7. The number of fused-ring (bicyclic) bond motifs is 1. The highest BCUT2D eigenvalue weighted by Gasteiger charge is 2.61. The zero-order valence-corrected chi connectivity index (χ0v) is 26.0. The maximum Gasteiger partial charge on any atom is 0.306 e. The van der Waals surface area contributed by atoms with Gasteiger partial charge < -0.3 is 25.7 Å². The van der Waals surface area contributed by atoms with Gasteiger partial charge in [0.05, 0.1) is 17.3 Å². The van der Waals surface area contributed by atoms with Crippen molar-refractivity contribution in [2.75, 3.05) is 36.8 Å². The van der Waals surface area contributed by atoms with Crippen molar-refractivity contribution in [3.05, 3.63) is 65.7 Å². The number of nitrogen functional groups attached to an aromatic ring is 1. The number of carboxylic acids is 1. The predicted octanol–water partition coefficient (Wildman–Crippen LogP) is 6.06. The SMILES string of the molecule is Nc1nnc(-c2ccccc2O)cc1N1CC2CC3C(C1)CC3(c1ccc(C3CCN([C@H]4CC[C@@H](C(=O)O)CC4)CC3)cc1)C2. The van der Waals surface area contributed by atoms with Crippen molar-refractivity contribution in [3.63, 3.8) is 0 Å². The van der Waals surface area contributed by atoms with Crippen molar-refractivity contribution in [1.82, 2.24) is 15.1 Å². The monoisotopic (exact) mass is 607 g/mol. The molecule has 8 nitrogen and oxygen atoms in total. The van der Waals surface area contributed by atoms with E-state index < -0.39 is 5.97 Å². The van der Waals surface area contributed by atoms with Crippen LogP contribution >= 0.6 is 0 Å². The smallest absolute Gasteiger partial charge is 0.306 e. The minimum Gasteiger partial charge on any atom is -0.507 e. The van der Waals surface area contributed by atoms with Gasteiger partial charge in [0.25, 0.3) is 0 Å². The van der Waals surface area contributed by atoms with Crippen LogP contribution in [-0.2, 0) is 10.2 Å². The van der Waals surface area contributed by atoms with Crippen LogP contribution in [0.15, 0.2) is 54.6 Å². The van der Waals surface area contributed by atoms with Crippen molar-refractivity contribution in [2.24, 2.45) is 23.7 Å². The Morgan fingerprint density at radius 2 is 1.67 bits per heavy atom. The predicted molar refractivity (Wildman–Crippen MR) is 175 cm³/mol. The number of phenols is 1. The van der Waals surface area contributed by atoms with E-state index in [-0.39, 0.29) is 11.7 Å². The zero-order valence-electron chi connectivity index (χ0n) is 26.0. The standard InChI is InChI=1S/C37H45N5O3/c38-35-33(18-32(39-40-35)30-3-1-2-4-34(30)43)42-21-23-17-31-27(22-42)20-37(31,19-23)28-9-5-24(6-10-28)25-13-15-41(16-14-25)29-11-7-26(8-12-29)36(44)45/h1-6,9-10,18,23,25-27,29,31,43H,7-8,11-17,19-22H2,(H2,38,40)(H,44,45)/t23?,26-,27?,29+,31?,37?. The maximum atomic E-state index is 11.3. The Morgan fingerprint density at radius 1 is 0.911 bits per heavy atom. The van der Waals surface area contributed by atoms with E-state index in [1.54, 1.807) is 11.6 Å². The molecule has 8 heteroatoms. The summed E-state index contributed by atoms with van der Waals surface area (Å²) in [6, 6.07) is 19.6. The molecular weight excluding hydrogens is 562 g/mol. The summed E-state index contributed by atoms with van der Waals surface area (Å²) in [5.74, 6) is 2.53. The van der Waals surface area contributed by atoms with Gasteiger partial charge in [-0.1, -0.05) is 36.4 Å². The lowest BCUT2D eigenvalue weighted by molar-refractivity contribution is -0.143. The number of nitrogens with two attached hydrogens (primary N) is 1. The molecular formula is C37H45N5O3. The molecule has 3 aliphatic carbocycles. The van der Waals surface area contributed by atoms with Gasteiger partial charge in [-0.2, -0.15) is 0 Å². The van der Waals surface area contributed by atoms with E-state index in [0.717, 1.165) is 57.5 Å². The van der Waals surface area contributed by atoms with E-state index in [9.17, 15) is 15.0 Å². The molecule has 0 amide bonds. The van der Waals surface area contributed by atoms with Crippen LogP contribution in [0.5, 0.6) is 5.75 Å². The minimum absolute atomic E-state index is 0.132. The third-order valence-electron chi connectivity index (χ3n) is 12.4. The molecule has 1 aromatic heterocycles. The molecule has 3 saturated carbocycles. The number of phenolic OH excluding ortho intramolecular Hbond substituents is 1. The van der Waals surface area contributed by atoms with E-state index in [4.69, 9.17) is 5.73 Å². The van der Waals surface area contributed by atoms with E-state index >= 15 is 0 Å². The van der Waals surface area contributed by atoms with E-state index in [1.807, 2.05) is 24.3 Å². The zero-order chi connectivity index (χ0) is 30.7. The molecule has 3 heterocycles. The van der Waals surface area contributed by atoms with Gasteiger partial charge in [0, 0.05) is 24.7 Å². The Balaban J connectivity index is 0.910. The average Bonchev–Trinajstić information content (AvgIpc) is 3.25. The average molecular weight is 608 g/mol. The van der Waals surface area contributed by atoms with Crippen LogP contribution in [0.4, 0.5) is 11.5 Å². The summed E-state index contributed by atoms with van der Waals surface area (Å²) in [5, 5.41) is 28.3. The van der Waals surface area contributed by atoms with Crippen molar-refractivity contribution in [3.8, 4) is 17.0 Å². The number of para-hydroxylation sites is 1. The van der Waals surface area contributed by atoms with Gasteiger partial charge in [-0.3, -0.25) is 4.79 Å². The topological polar surface area (TPSA) is 116 Å². The number of aliphatic carboxylic acids is 1. The first kappa shape index (κ1) is 28.8. The number of aromatic nitrogens is 2. The quantitative estimate of drug-likeness (QED) is 0.310. The Kier molecular flexibility index (Phi) is 7.23. The first-order valence-electron chi connectivity index (χ1n) is 17.1. The summed E-state index contributed by atoms with van der Waals surface area (Å²) in [6.45, 7) is 4.24. The molecule has 0 spiro atoms. The molecule has 5 fully saturated rings. The number of aromatic hydroxyl groups is 1. The first-order valence-corrected chi connectivity index (χ1v) is 17.1. The number of likely N-dealkylation sites (tertiary alicyclic amines) is 1. The lowest BCUT2D eigenvalue weighted by atomic mass is 9.52. The number of rotatable bonds is 6. The molecule has 2 bridgehead atoms. The minimum atomic E-state index is -0.612. The molecule has 45 heavy (non-hydrogen) atoms. The Hall–Kier alpha value is -3.65. The fourth-order valence-electron chi connectivity index (χ4n) is 10.1. The lowest BCUT2D eigenvalue weighted by Gasteiger charge is -2.54. The number of benzene rings is 2. The Bertz CT molecular complexity index is 1560. The Morgan fingerprint density at radius 3 is 2.40 bits per heavy atom. The van der Waals surface area contributed by atoms with Crippen LogP contribution in [-0.4, -0.2) is 63.5 Å². The highest BCUT2D eigenvalue weighted by molar-refractivity contribution is 5.74. The fraction of sp³-hybridized carbons (Fsp3) is 0.541. The molecule has 2 aliphatic heterocycles. The van der Waals surface area contributed by atoms with Crippen LogP contribution < -0.4 is 10.6 Å². The summed E-state index contributed by atoms with van der Waals surface area (Å²) in [5.41, 5.74) is 12.0. The number of carbonyl (C=O) groups is 1. The van der Waals surface area contributed by atoms with Gasteiger partial charge in [0.15, 0.2) is 5.82 Å². The van der Waals surface area contributed by atoms with Gasteiger partial charge in [-0.05, 0) is 129 Å². The fourth-order valence-corrected chi connectivity index (χ4v) is 10.1. The van der Waals surface area contributed by atoms with Crippen molar-refractivity contribution < 1.29 is 15.0 Å². The highest BCUT2D eigenvalue weighted by Crippen LogP contribution is 2.65. The van der Waals surface area contributed by atoms with E-state index in [1.165, 1.54) is 37.7 Å². The van der Waals surface area contributed by atoms with Crippen LogP contribution in [0, 0.1) is 23.7 Å². The van der Waals surface area contributed by atoms with E-state index in [0.29, 0.717) is 52.2 Å². The van der Waals surface area contributed by atoms with Gasteiger partial charge in [0.2, 0.25) is 0 Å². The molecule has 4 unspecified atom stereocenters. The molecule has 5 aliphatic rings. The van der Waals surface area contributed by atoms with Gasteiger partial charge >= 0.3 is 5.97 Å². The van der Waals surface area contributed by atoms with Crippen LogP contribution in [0.25, 0.3) is 11.3 Å². The summed E-state index contributed by atoms with van der Waals surface area (Å²) >= 11 is 0. The number of hydrogen-bond donors (Lipinski definition) is 3. The number of anilines is 2. The van der Waals surface area contributed by atoms with Crippen LogP contribution in [0.3, 0.4) is 0 Å². The largest absolute Gasteiger partial charge is 0.507 e. The molecule has 4 atom stereocenters. The normalized spacial score (nSPS) is 31.7. The van der Waals surface area contributed by atoms with Gasteiger partial charge in [-0.15, -0.1) is 10.2 Å². The third kappa shape index (κ3) is 5.05. The molecule has 236 valence electrons. The number of piperidine rings is 1. The van der Waals surface area contributed by atoms with Crippen LogP contribution in [0.2, 0.25) is 0 Å². The maximum absolute atomic E-state index is 11.3. The van der Waals surface area contributed by atoms with Crippen LogP contribution in [0.1, 0.15) is 74.8 Å². The second kappa shape index (κ2) is 11.3. The Labute approximate surface area is 265 Å². The van der Waals surface area contributed by atoms with Crippen molar-refractivity contribution in [1.29, 1.82) is 0 Å². The number of carboxylic acid groups (broad SMARTS) is 1. The number of hydrogen-bond acceptors (Lipinski definition) is 7. The molecule has 8 rings (SSSR count). The van der Waals surface area contributed by atoms with Crippen molar-refractivity contribution in [2.45, 2.75) is 75.2 Å². The molecule has 3 aromatic rings. The molecule has 2 aromatic carbocycles. The highest BCUT2D eigenvalue weighted by atomic mass is 16.4. The van der Waals surface area contributed by atoms with E-state index in [2.05, 4.69) is 44.3 Å². The molecule has 4 N–H and O–H groups in total. The summed E-state index contributed by atoms with van der Waals surface area (Å²) in [6.07, 6.45) is 9.87. The lowest BCUT2D eigenvalue weighted by Crippen LogP contribution is -2.53. The number of nitrogens with zero attached hydrogens (tertiary/aromatic N) is 4. The van der Waals surface area contributed by atoms with Gasteiger partial charge in [0.1, 0.15) is 5.75 Å². The summed E-state index contributed by atoms with van der Waals surface area (Å²) in [4.78, 5) is 16.4. The van der Waals surface area contributed by atoms with Gasteiger partial charge in [-0.25, -0.2) is 0 Å². The second-order valence-corrected chi connectivity index (χ2v) is 14.7. The summed E-state index contributed by atoms with van der Waals surface area (Å²) in [7, 11) is 0. The molecule has 2 saturated heterocycles. The molecule has 0 radical (unpaired) electrons. The first-order chi connectivity index (χ1) is 21.9. The third-order valence-corrected chi connectivity index (χ3v) is 12.4.